The van der Waals surface area contributed by atoms with Crippen LogP contribution in [0.3, 0.4) is 0 Å². The van der Waals surface area contributed by atoms with Crippen molar-refractivity contribution in [2.45, 2.75) is 23.7 Å². The van der Waals surface area contributed by atoms with Gasteiger partial charge in [-0.3, -0.25) is 0 Å². The minimum atomic E-state index is -3.59. The van der Waals surface area contributed by atoms with E-state index in [1.165, 1.54) is 23.5 Å². The first-order valence-electron chi connectivity index (χ1n) is 7.27. The highest BCUT2D eigenvalue weighted by atomic mass is 32.2. The molecular formula is C15H17FN2O4S. The molecule has 0 amide bonds. The highest BCUT2D eigenvalue weighted by Crippen LogP contribution is 2.32. The van der Waals surface area contributed by atoms with E-state index in [9.17, 15) is 12.8 Å². The van der Waals surface area contributed by atoms with Gasteiger partial charge in [0.2, 0.25) is 10.0 Å². The fourth-order valence-corrected chi connectivity index (χ4v) is 4.17. The van der Waals surface area contributed by atoms with Crippen LogP contribution in [-0.2, 0) is 10.0 Å². The van der Waals surface area contributed by atoms with Crippen LogP contribution in [0, 0.1) is 5.82 Å². The summed E-state index contributed by atoms with van der Waals surface area (Å²) in [5.41, 5.74) is 0. The van der Waals surface area contributed by atoms with Crippen LogP contribution in [-0.4, -0.2) is 38.1 Å². The smallest absolute Gasteiger partial charge is 0.254 e. The van der Waals surface area contributed by atoms with E-state index < -0.39 is 15.8 Å². The minimum Gasteiger partial charge on any atom is -0.479 e. The molecule has 0 radical (unpaired) electrons. The summed E-state index contributed by atoms with van der Waals surface area (Å²) in [6, 6.07) is 6.62. The van der Waals surface area contributed by atoms with E-state index in [1.54, 1.807) is 6.07 Å². The highest BCUT2D eigenvalue weighted by molar-refractivity contribution is 7.89. The average molecular weight is 340 g/mol. The Morgan fingerprint density at radius 2 is 1.91 bits per heavy atom. The van der Waals surface area contributed by atoms with Crippen LogP contribution in [0.15, 0.2) is 39.8 Å². The fourth-order valence-electron chi connectivity index (χ4n) is 2.70. The number of rotatable bonds is 4. The summed E-state index contributed by atoms with van der Waals surface area (Å²) in [4.78, 5) is 0.110. The van der Waals surface area contributed by atoms with E-state index in [4.69, 9.17) is 9.26 Å². The van der Waals surface area contributed by atoms with Crippen LogP contribution in [0.4, 0.5) is 4.39 Å². The van der Waals surface area contributed by atoms with E-state index in [1.807, 2.05) is 0 Å². The second-order valence-corrected chi connectivity index (χ2v) is 7.34. The zero-order valence-corrected chi connectivity index (χ0v) is 13.4. The second-order valence-electron chi connectivity index (χ2n) is 5.40. The number of hydrogen-bond donors (Lipinski definition) is 0. The molecule has 124 valence electrons. The number of piperidine rings is 1. The van der Waals surface area contributed by atoms with Gasteiger partial charge in [-0.05, 0) is 42.3 Å². The van der Waals surface area contributed by atoms with Gasteiger partial charge in [0.1, 0.15) is 11.6 Å². The van der Waals surface area contributed by atoms with E-state index in [-0.39, 0.29) is 10.8 Å². The van der Waals surface area contributed by atoms with Crippen LogP contribution >= 0.6 is 0 Å². The summed E-state index contributed by atoms with van der Waals surface area (Å²) < 4.78 is 49.7. The van der Waals surface area contributed by atoms with Gasteiger partial charge in [-0.25, -0.2) is 12.8 Å². The largest absolute Gasteiger partial charge is 0.479 e. The number of halogens is 1. The molecule has 0 bridgehead atoms. The van der Waals surface area contributed by atoms with Gasteiger partial charge in [-0.1, -0.05) is 0 Å². The zero-order valence-electron chi connectivity index (χ0n) is 12.6. The molecule has 0 N–H and O–H groups in total. The number of sulfonamides is 1. The Morgan fingerprint density at radius 3 is 2.48 bits per heavy atom. The number of nitrogens with zero attached hydrogens (tertiary/aromatic N) is 2. The lowest BCUT2D eigenvalue weighted by Gasteiger charge is -2.29. The zero-order chi connectivity index (χ0) is 16.4. The number of benzene rings is 1. The Morgan fingerprint density at radius 1 is 1.26 bits per heavy atom. The molecule has 1 saturated heterocycles. The predicted molar refractivity (Wildman–Crippen MR) is 80.2 cm³/mol. The summed E-state index contributed by atoms with van der Waals surface area (Å²) in [6.45, 7) is 0.765. The monoisotopic (exact) mass is 340 g/mol. The average Bonchev–Trinajstić information content (AvgIpc) is 3.04. The third-order valence-corrected chi connectivity index (χ3v) is 5.94. The molecule has 0 unspecified atom stereocenters. The van der Waals surface area contributed by atoms with Crippen molar-refractivity contribution < 1.29 is 22.1 Å². The topological polar surface area (TPSA) is 72.6 Å². The van der Waals surface area contributed by atoms with Crippen molar-refractivity contribution in [3.8, 4) is 5.88 Å². The van der Waals surface area contributed by atoms with Gasteiger partial charge in [0.15, 0.2) is 0 Å². The Labute approximate surface area is 133 Å². The molecular weight excluding hydrogens is 323 g/mol. The second kappa shape index (κ2) is 6.29. The SMILES string of the molecule is COc1cc(C2CCN(S(=O)(=O)c3ccc(F)cc3)CC2)on1. The van der Waals surface area contributed by atoms with Crippen LogP contribution in [0.1, 0.15) is 24.5 Å². The maximum absolute atomic E-state index is 13.0. The van der Waals surface area contributed by atoms with Crippen LogP contribution in [0.2, 0.25) is 0 Å². The molecule has 1 aromatic heterocycles. The molecule has 0 atom stereocenters. The van der Waals surface area contributed by atoms with E-state index in [2.05, 4.69) is 5.16 Å². The van der Waals surface area contributed by atoms with Crippen LogP contribution in [0.5, 0.6) is 5.88 Å². The summed E-state index contributed by atoms with van der Waals surface area (Å²) in [5, 5.41) is 3.77. The van der Waals surface area contributed by atoms with Crippen molar-refractivity contribution >= 4 is 10.0 Å². The number of ether oxygens (including phenoxy) is 1. The molecule has 3 rings (SSSR count). The Kier molecular flexibility index (Phi) is 4.36. The third-order valence-electron chi connectivity index (χ3n) is 4.02. The Hall–Kier alpha value is -1.93. The molecule has 2 heterocycles. The molecule has 2 aromatic rings. The first kappa shape index (κ1) is 15.9. The lowest BCUT2D eigenvalue weighted by molar-refractivity contribution is 0.269. The first-order valence-corrected chi connectivity index (χ1v) is 8.71. The minimum absolute atomic E-state index is 0.110. The lowest BCUT2D eigenvalue weighted by Crippen LogP contribution is -2.37. The number of aromatic nitrogens is 1. The maximum Gasteiger partial charge on any atom is 0.254 e. The summed E-state index contributed by atoms with van der Waals surface area (Å²) in [5.74, 6) is 0.787. The van der Waals surface area contributed by atoms with Crippen LogP contribution < -0.4 is 4.74 Å². The van der Waals surface area contributed by atoms with E-state index >= 15 is 0 Å². The van der Waals surface area contributed by atoms with Gasteiger partial charge in [-0.2, -0.15) is 4.31 Å². The first-order chi connectivity index (χ1) is 11.0. The number of hydrogen-bond acceptors (Lipinski definition) is 5. The molecule has 23 heavy (non-hydrogen) atoms. The normalized spacial score (nSPS) is 17.3. The maximum atomic E-state index is 13.0. The van der Waals surface area contributed by atoms with E-state index in [0.29, 0.717) is 37.6 Å². The molecule has 1 aliphatic heterocycles. The van der Waals surface area contributed by atoms with Crippen LogP contribution in [0.25, 0.3) is 0 Å². The molecule has 1 aromatic carbocycles. The third kappa shape index (κ3) is 3.23. The summed E-state index contributed by atoms with van der Waals surface area (Å²) >= 11 is 0. The van der Waals surface area contributed by atoms with Crippen molar-refractivity contribution in [2.75, 3.05) is 20.2 Å². The van der Waals surface area contributed by atoms with Gasteiger partial charge in [0.25, 0.3) is 5.88 Å². The van der Waals surface area contributed by atoms with Gasteiger partial charge in [-0.15, -0.1) is 0 Å². The molecule has 6 nitrogen and oxygen atoms in total. The number of methoxy groups -OCH3 is 1. The van der Waals surface area contributed by atoms with Gasteiger partial charge in [0, 0.05) is 25.1 Å². The summed E-state index contributed by atoms with van der Waals surface area (Å²) in [7, 11) is -2.07. The highest BCUT2D eigenvalue weighted by Gasteiger charge is 2.31. The standard InChI is InChI=1S/C15H17FN2O4S/c1-21-15-10-14(22-17-15)11-6-8-18(9-7-11)23(19,20)13-4-2-12(16)3-5-13/h2-5,10-11H,6-9H2,1H3. The molecule has 0 spiro atoms. The van der Waals surface area contributed by atoms with E-state index in [0.717, 1.165) is 12.1 Å². The predicted octanol–water partition coefficient (Wildman–Crippen LogP) is 2.39. The molecule has 0 aliphatic carbocycles. The summed E-state index contributed by atoms with van der Waals surface area (Å²) in [6.07, 6.45) is 1.28. The molecule has 1 aliphatic rings. The van der Waals surface area contributed by atoms with Gasteiger partial charge in [0.05, 0.1) is 12.0 Å². The fraction of sp³-hybridized carbons (Fsp3) is 0.400. The Balaban J connectivity index is 1.69. The van der Waals surface area contributed by atoms with Gasteiger partial charge >= 0.3 is 0 Å². The Bertz CT molecular complexity index is 765. The van der Waals surface area contributed by atoms with Gasteiger partial charge < -0.3 is 9.26 Å². The van der Waals surface area contributed by atoms with Crippen molar-refractivity contribution in [1.82, 2.24) is 9.46 Å². The van der Waals surface area contributed by atoms with Crippen molar-refractivity contribution in [2.24, 2.45) is 0 Å². The van der Waals surface area contributed by atoms with Crippen molar-refractivity contribution in [3.05, 3.63) is 41.9 Å². The molecule has 8 heteroatoms. The lowest BCUT2D eigenvalue weighted by atomic mass is 9.96. The van der Waals surface area contributed by atoms with Crippen molar-refractivity contribution in [3.63, 3.8) is 0 Å². The molecule has 0 saturated carbocycles. The quantitative estimate of drug-likeness (QED) is 0.854. The molecule has 1 fully saturated rings. The van der Waals surface area contributed by atoms with Crippen molar-refractivity contribution in [1.29, 1.82) is 0 Å².